The number of aromatic nitrogens is 1. The van der Waals surface area contributed by atoms with Gasteiger partial charge in [-0.25, -0.2) is 9.78 Å². The van der Waals surface area contributed by atoms with E-state index in [9.17, 15) is 18.0 Å². The lowest BCUT2D eigenvalue weighted by molar-refractivity contribution is -0.192. The number of aliphatic carboxylic acids is 1. The van der Waals surface area contributed by atoms with Crippen molar-refractivity contribution in [1.29, 1.82) is 0 Å². The lowest BCUT2D eigenvalue weighted by Crippen LogP contribution is -2.31. The fraction of sp³-hybridized carbons (Fsp3) is 0.706. The number of rotatable bonds is 4. The van der Waals surface area contributed by atoms with Gasteiger partial charge in [-0.05, 0) is 32.6 Å². The molecule has 0 saturated carbocycles. The molecule has 0 aromatic carbocycles. The molecule has 0 radical (unpaired) electrons. The number of fused-ring (bicyclic) bond motifs is 1. The molecular formula is C17H24F3N3O5. The van der Waals surface area contributed by atoms with Crippen LogP contribution in [-0.4, -0.2) is 58.8 Å². The van der Waals surface area contributed by atoms with E-state index >= 15 is 0 Å². The van der Waals surface area contributed by atoms with Crippen LogP contribution in [0.1, 0.15) is 48.8 Å². The Bertz CT molecular complexity index is 661. The number of nitrogens with zero attached hydrogens (tertiary/aromatic N) is 2. The van der Waals surface area contributed by atoms with Gasteiger partial charge in [0.05, 0.1) is 12.2 Å². The second-order valence-electron chi connectivity index (χ2n) is 7.05. The molecule has 1 fully saturated rings. The Morgan fingerprint density at radius 1 is 1.29 bits per heavy atom. The number of ether oxygens (including phenoxy) is 1. The van der Waals surface area contributed by atoms with Gasteiger partial charge in [0.15, 0.2) is 0 Å². The van der Waals surface area contributed by atoms with Crippen LogP contribution in [-0.2, 0) is 22.6 Å². The maximum atomic E-state index is 11.9. The fourth-order valence-electron chi connectivity index (χ4n) is 2.95. The van der Waals surface area contributed by atoms with Crippen molar-refractivity contribution >= 4 is 11.9 Å². The summed E-state index contributed by atoms with van der Waals surface area (Å²) in [5, 5.41) is 9.93. The summed E-state index contributed by atoms with van der Waals surface area (Å²) >= 11 is 0. The summed E-state index contributed by atoms with van der Waals surface area (Å²) in [6, 6.07) is 0.0873. The lowest BCUT2D eigenvalue weighted by Gasteiger charge is -2.26. The number of carboxylic acid groups (broad SMARTS) is 1. The molecule has 2 aliphatic heterocycles. The lowest BCUT2D eigenvalue weighted by atomic mass is 10.00. The van der Waals surface area contributed by atoms with E-state index < -0.39 is 12.1 Å². The summed E-state index contributed by atoms with van der Waals surface area (Å²) in [6.45, 7) is 8.19. The minimum absolute atomic E-state index is 0.0873. The molecule has 1 aromatic heterocycles. The summed E-state index contributed by atoms with van der Waals surface area (Å²) in [7, 11) is 0. The second-order valence-corrected chi connectivity index (χ2v) is 7.05. The predicted molar refractivity (Wildman–Crippen MR) is 90.5 cm³/mol. The van der Waals surface area contributed by atoms with E-state index in [1.165, 1.54) is 0 Å². The number of hydrogen-bond donors (Lipinski definition) is 2. The standard InChI is InChI=1S/C15H23N3O3.C2HF3O2/c1-10(2)16-14(19)15-17-12-8-18(9-13(12)21-15)7-11-3-5-20-6-4-11;3-2(4,5)1(6)7/h10-11H,3-9H2,1-2H3,(H,16,19);(H,6,7). The second kappa shape index (κ2) is 9.37. The molecule has 2 aliphatic rings. The van der Waals surface area contributed by atoms with E-state index in [1.807, 2.05) is 13.8 Å². The monoisotopic (exact) mass is 407 g/mol. The van der Waals surface area contributed by atoms with Gasteiger partial charge >= 0.3 is 18.1 Å². The Morgan fingerprint density at radius 2 is 1.89 bits per heavy atom. The molecule has 1 aromatic rings. The van der Waals surface area contributed by atoms with E-state index in [0.717, 1.165) is 57.1 Å². The van der Waals surface area contributed by atoms with Crippen molar-refractivity contribution in [3.63, 3.8) is 0 Å². The summed E-state index contributed by atoms with van der Waals surface area (Å²) in [4.78, 5) is 27.5. The number of amides is 1. The molecule has 0 unspecified atom stereocenters. The van der Waals surface area contributed by atoms with Crippen LogP contribution in [0.3, 0.4) is 0 Å². The molecule has 8 nitrogen and oxygen atoms in total. The van der Waals surface area contributed by atoms with Gasteiger partial charge in [0, 0.05) is 32.3 Å². The zero-order valence-corrected chi connectivity index (χ0v) is 15.7. The van der Waals surface area contributed by atoms with Crippen LogP contribution < -0.4 is 5.32 Å². The summed E-state index contributed by atoms with van der Waals surface area (Å²) in [5.74, 6) is -1.25. The van der Waals surface area contributed by atoms with Crippen LogP contribution in [0.15, 0.2) is 4.42 Å². The number of carbonyl (C=O) groups is 2. The van der Waals surface area contributed by atoms with E-state index in [0.29, 0.717) is 5.92 Å². The van der Waals surface area contributed by atoms with Crippen molar-refractivity contribution in [3.05, 3.63) is 17.3 Å². The number of hydrogen-bond acceptors (Lipinski definition) is 6. The van der Waals surface area contributed by atoms with Gasteiger partial charge in [-0.1, -0.05) is 0 Å². The molecule has 0 bridgehead atoms. The Hall–Kier alpha value is -2.14. The maximum absolute atomic E-state index is 11.9. The van der Waals surface area contributed by atoms with Gasteiger partial charge in [-0.2, -0.15) is 13.2 Å². The minimum atomic E-state index is -5.08. The van der Waals surface area contributed by atoms with Crippen LogP contribution in [0.2, 0.25) is 0 Å². The molecule has 28 heavy (non-hydrogen) atoms. The predicted octanol–water partition coefficient (Wildman–Crippen LogP) is 2.19. The Balaban J connectivity index is 0.000000345. The van der Waals surface area contributed by atoms with Gasteiger partial charge in [0.1, 0.15) is 5.76 Å². The first-order valence-corrected chi connectivity index (χ1v) is 8.96. The highest BCUT2D eigenvalue weighted by Gasteiger charge is 2.38. The van der Waals surface area contributed by atoms with Gasteiger partial charge < -0.3 is 19.6 Å². The van der Waals surface area contributed by atoms with Crippen molar-refractivity contribution in [3.8, 4) is 0 Å². The molecule has 2 N–H and O–H groups in total. The molecular weight excluding hydrogens is 383 g/mol. The highest BCUT2D eigenvalue weighted by atomic mass is 19.4. The first-order valence-electron chi connectivity index (χ1n) is 8.96. The van der Waals surface area contributed by atoms with Crippen LogP contribution >= 0.6 is 0 Å². The van der Waals surface area contributed by atoms with Crippen molar-refractivity contribution in [2.75, 3.05) is 19.8 Å². The summed E-state index contributed by atoms with van der Waals surface area (Å²) < 4.78 is 42.7. The van der Waals surface area contributed by atoms with Crippen molar-refractivity contribution in [2.45, 2.75) is 52.0 Å². The van der Waals surface area contributed by atoms with E-state index in [4.69, 9.17) is 19.1 Å². The van der Waals surface area contributed by atoms with E-state index in [-0.39, 0.29) is 17.8 Å². The van der Waals surface area contributed by atoms with Gasteiger partial charge in [-0.3, -0.25) is 9.69 Å². The van der Waals surface area contributed by atoms with E-state index in [1.54, 1.807) is 0 Å². The molecule has 1 amide bonds. The number of carbonyl (C=O) groups excluding carboxylic acids is 1. The number of carboxylic acids is 1. The summed E-state index contributed by atoms with van der Waals surface area (Å²) in [6.07, 6.45) is -2.82. The number of nitrogens with one attached hydrogen (secondary N) is 1. The minimum Gasteiger partial charge on any atom is -0.475 e. The van der Waals surface area contributed by atoms with Crippen LogP contribution in [0.4, 0.5) is 13.2 Å². The molecule has 158 valence electrons. The quantitative estimate of drug-likeness (QED) is 0.788. The smallest absolute Gasteiger partial charge is 0.475 e. The molecule has 0 spiro atoms. The molecule has 1 saturated heterocycles. The number of halogens is 3. The molecule has 11 heteroatoms. The zero-order chi connectivity index (χ0) is 20.9. The Labute approximate surface area is 160 Å². The third-order valence-electron chi connectivity index (χ3n) is 4.23. The van der Waals surface area contributed by atoms with Crippen LogP contribution in [0.5, 0.6) is 0 Å². The third kappa shape index (κ3) is 6.48. The highest BCUT2D eigenvalue weighted by molar-refractivity contribution is 5.89. The summed E-state index contributed by atoms with van der Waals surface area (Å²) in [5.41, 5.74) is 0.913. The normalized spacial score (nSPS) is 17.8. The molecule has 0 atom stereocenters. The molecule has 3 heterocycles. The average molecular weight is 407 g/mol. The van der Waals surface area contributed by atoms with Crippen molar-refractivity contribution in [1.82, 2.24) is 15.2 Å². The van der Waals surface area contributed by atoms with Gasteiger partial charge in [0.25, 0.3) is 5.89 Å². The third-order valence-corrected chi connectivity index (χ3v) is 4.23. The van der Waals surface area contributed by atoms with Crippen molar-refractivity contribution in [2.24, 2.45) is 5.92 Å². The molecule has 0 aliphatic carbocycles. The van der Waals surface area contributed by atoms with Gasteiger partial charge in [0.2, 0.25) is 0 Å². The first kappa shape index (κ1) is 22.2. The maximum Gasteiger partial charge on any atom is 0.490 e. The van der Waals surface area contributed by atoms with Crippen molar-refractivity contribution < 1.29 is 37.0 Å². The number of oxazole rings is 1. The largest absolute Gasteiger partial charge is 0.490 e. The van der Waals surface area contributed by atoms with Crippen LogP contribution in [0, 0.1) is 5.92 Å². The SMILES string of the molecule is CC(C)NC(=O)c1nc2c(o1)CN(CC1CCOCC1)C2.O=C(O)C(F)(F)F. The Morgan fingerprint density at radius 3 is 2.39 bits per heavy atom. The van der Waals surface area contributed by atoms with E-state index in [2.05, 4.69) is 15.2 Å². The molecule has 3 rings (SSSR count). The Kier molecular flexibility index (Phi) is 7.41. The number of alkyl halides is 3. The highest BCUT2D eigenvalue weighted by Crippen LogP contribution is 2.26. The van der Waals surface area contributed by atoms with Crippen LogP contribution in [0.25, 0.3) is 0 Å². The fourth-order valence-corrected chi connectivity index (χ4v) is 2.95. The van der Waals surface area contributed by atoms with Gasteiger partial charge in [-0.15, -0.1) is 0 Å². The topological polar surface area (TPSA) is 105 Å². The average Bonchev–Trinajstić information content (AvgIpc) is 3.13. The zero-order valence-electron chi connectivity index (χ0n) is 15.7. The first-order chi connectivity index (χ1) is 13.1.